The van der Waals surface area contributed by atoms with Gasteiger partial charge in [-0.05, 0) is 37.5 Å². The molecular weight excluding hydrogens is 242 g/mol. The molecule has 1 aromatic rings. The van der Waals surface area contributed by atoms with E-state index in [1.54, 1.807) is 0 Å². The Hall–Kier alpha value is -1.26. The molecule has 2 aliphatic heterocycles. The quantitative estimate of drug-likeness (QED) is 0.904. The van der Waals surface area contributed by atoms with Crippen LogP contribution in [0.4, 0.5) is 0 Å². The van der Waals surface area contributed by atoms with Crippen molar-refractivity contribution in [1.29, 1.82) is 0 Å². The third kappa shape index (κ3) is 3.01. The van der Waals surface area contributed by atoms with Gasteiger partial charge < -0.3 is 19.5 Å². The summed E-state index contributed by atoms with van der Waals surface area (Å²) in [5.74, 6) is 1.70. The van der Waals surface area contributed by atoms with E-state index in [4.69, 9.17) is 14.2 Å². The van der Waals surface area contributed by atoms with E-state index in [9.17, 15) is 0 Å². The first-order valence-corrected chi connectivity index (χ1v) is 7.07. The predicted octanol–water partition coefficient (Wildman–Crippen LogP) is 2.29. The summed E-state index contributed by atoms with van der Waals surface area (Å²) >= 11 is 0. The van der Waals surface area contributed by atoms with E-state index in [1.165, 1.54) is 18.4 Å². The van der Waals surface area contributed by atoms with Crippen molar-refractivity contribution in [2.45, 2.75) is 31.9 Å². The molecule has 4 heteroatoms. The average molecular weight is 263 g/mol. The van der Waals surface area contributed by atoms with Gasteiger partial charge >= 0.3 is 0 Å². The zero-order valence-corrected chi connectivity index (χ0v) is 11.4. The van der Waals surface area contributed by atoms with E-state index in [2.05, 4.69) is 24.4 Å². The number of hydrogen-bond donors (Lipinski definition) is 1. The fraction of sp³-hybridized carbons (Fsp3) is 0.600. The lowest BCUT2D eigenvalue weighted by atomic mass is 10.1. The molecule has 0 aromatic heterocycles. The molecular formula is C15H21NO3. The molecule has 0 radical (unpaired) electrons. The Labute approximate surface area is 114 Å². The van der Waals surface area contributed by atoms with Crippen LogP contribution in [0.5, 0.6) is 11.5 Å². The molecule has 1 aromatic carbocycles. The van der Waals surface area contributed by atoms with Crippen molar-refractivity contribution in [3.63, 3.8) is 0 Å². The van der Waals surface area contributed by atoms with Crippen LogP contribution in [0.15, 0.2) is 18.2 Å². The normalized spacial score (nSPS) is 23.3. The van der Waals surface area contributed by atoms with E-state index in [0.29, 0.717) is 25.4 Å². The van der Waals surface area contributed by atoms with Gasteiger partial charge in [0.1, 0.15) is 13.2 Å². The smallest absolute Gasteiger partial charge is 0.161 e. The van der Waals surface area contributed by atoms with Crippen molar-refractivity contribution in [1.82, 2.24) is 5.32 Å². The maximum Gasteiger partial charge on any atom is 0.161 e. The first kappa shape index (κ1) is 12.8. The second-order valence-corrected chi connectivity index (χ2v) is 5.17. The molecule has 3 rings (SSSR count). The number of fused-ring (bicyclic) bond motifs is 1. The molecule has 1 fully saturated rings. The summed E-state index contributed by atoms with van der Waals surface area (Å²) in [5.41, 5.74) is 1.22. The van der Waals surface area contributed by atoms with Crippen molar-refractivity contribution >= 4 is 0 Å². The minimum atomic E-state index is 0.292. The Balaban J connectivity index is 1.60. The van der Waals surface area contributed by atoms with Gasteiger partial charge in [-0.25, -0.2) is 0 Å². The molecule has 0 bridgehead atoms. The van der Waals surface area contributed by atoms with Crippen LogP contribution in [0.3, 0.4) is 0 Å². The SMILES string of the molecule is CC(NCC1CCCO1)c1ccc2c(c1)OCCO2. The van der Waals surface area contributed by atoms with Crippen LogP contribution in [0.1, 0.15) is 31.4 Å². The maximum absolute atomic E-state index is 5.62. The first-order chi connectivity index (χ1) is 9.33. The second kappa shape index (κ2) is 5.80. The number of rotatable bonds is 4. The van der Waals surface area contributed by atoms with Gasteiger partial charge in [0.05, 0.1) is 6.10 Å². The Kier molecular flexibility index (Phi) is 3.89. The summed E-state index contributed by atoms with van der Waals surface area (Å²) in [4.78, 5) is 0. The highest BCUT2D eigenvalue weighted by Gasteiger charge is 2.18. The van der Waals surface area contributed by atoms with Crippen LogP contribution in [0.25, 0.3) is 0 Å². The van der Waals surface area contributed by atoms with Crippen molar-refractivity contribution in [3.8, 4) is 11.5 Å². The van der Waals surface area contributed by atoms with Crippen LogP contribution in [-0.2, 0) is 4.74 Å². The van der Waals surface area contributed by atoms with Crippen LogP contribution in [-0.4, -0.2) is 32.5 Å². The lowest BCUT2D eigenvalue weighted by Crippen LogP contribution is -2.28. The average Bonchev–Trinajstić information content (AvgIpc) is 2.97. The first-order valence-electron chi connectivity index (χ1n) is 7.07. The molecule has 2 atom stereocenters. The van der Waals surface area contributed by atoms with Gasteiger partial charge in [-0.1, -0.05) is 6.07 Å². The monoisotopic (exact) mass is 263 g/mol. The van der Waals surface area contributed by atoms with Crippen LogP contribution < -0.4 is 14.8 Å². The summed E-state index contributed by atoms with van der Waals surface area (Å²) in [5, 5.41) is 3.53. The predicted molar refractivity (Wildman–Crippen MR) is 72.8 cm³/mol. The number of benzene rings is 1. The second-order valence-electron chi connectivity index (χ2n) is 5.17. The summed E-state index contributed by atoms with van der Waals surface area (Å²) in [6.07, 6.45) is 2.73. The molecule has 1 saturated heterocycles. The van der Waals surface area contributed by atoms with Gasteiger partial charge in [-0.2, -0.15) is 0 Å². The van der Waals surface area contributed by atoms with Crippen LogP contribution in [0, 0.1) is 0 Å². The van der Waals surface area contributed by atoms with E-state index in [-0.39, 0.29) is 0 Å². The summed E-state index contributed by atoms with van der Waals surface area (Å²) in [7, 11) is 0. The molecule has 19 heavy (non-hydrogen) atoms. The van der Waals surface area contributed by atoms with Crippen molar-refractivity contribution in [3.05, 3.63) is 23.8 Å². The van der Waals surface area contributed by atoms with Crippen molar-refractivity contribution in [2.75, 3.05) is 26.4 Å². The number of ether oxygens (including phenoxy) is 3. The molecule has 2 aliphatic rings. The molecule has 1 N–H and O–H groups in total. The van der Waals surface area contributed by atoms with E-state index in [1.807, 2.05) is 6.07 Å². The molecule has 104 valence electrons. The number of hydrogen-bond acceptors (Lipinski definition) is 4. The van der Waals surface area contributed by atoms with Crippen molar-refractivity contribution in [2.24, 2.45) is 0 Å². The van der Waals surface area contributed by atoms with Gasteiger partial charge in [0, 0.05) is 19.2 Å². The van der Waals surface area contributed by atoms with E-state index in [0.717, 1.165) is 24.7 Å². The van der Waals surface area contributed by atoms with Crippen molar-refractivity contribution < 1.29 is 14.2 Å². The van der Waals surface area contributed by atoms with Crippen LogP contribution >= 0.6 is 0 Å². The molecule has 0 aliphatic carbocycles. The Morgan fingerprint density at radius 2 is 2.05 bits per heavy atom. The Morgan fingerprint density at radius 3 is 2.84 bits per heavy atom. The largest absolute Gasteiger partial charge is 0.486 e. The number of nitrogens with one attached hydrogen (secondary N) is 1. The minimum Gasteiger partial charge on any atom is -0.486 e. The van der Waals surface area contributed by atoms with Gasteiger partial charge in [0.25, 0.3) is 0 Å². The molecule has 4 nitrogen and oxygen atoms in total. The highest BCUT2D eigenvalue weighted by Crippen LogP contribution is 2.32. The maximum atomic E-state index is 5.62. The van der Waals surface area contributed by atoms with E-state index < -0.39 is 0 Å². The topological polar surface area (TPSA) is 39.7 Å². The van der Waals surface area contributed by atoms with E-state index >= 15 is 0 Å². The van der Waals surface area contributed by atoms with Gasteiger partial charge in [0.15, 0.2) is 11.5 Å². The Bertz CT molecular complexity index is 429. The zero-order valence-electron chi connectivity index (χ0n) is 11.4. The molecule has 0 spiro atoms. The fourth-order valence-electron chi connectivity index (χ4n) is 2.56. The molecule has 2 unspecified atom stereocenters. The lowest BCUT2D eigenvalue weighted by Gasteiger charge is -2.22. The standard InChI is InChI=1S/C15H21NO3/c1-11(16-10-13-3-2-6-17-13)12-4-5-14-15(9-12)19-8-7-18-14/h4-5,9,11,13,16H,2-3,6-8,10H2,1H3. The van der Waals surface area contributed by atoms with Gasteiger partial charge in [-0.15, -0.1) is 0 Å². The van der Waals surface area contributed by atoms with Crippen LogP contribution in [0.2, 0.25) is 0 Å². The molecule has 0 saturated carbocycles. The minimum absolute atomic E-state index is 0.292. The highest BCUT2D eigenvalue weighted by atomic mass is 16.6. The molecule has 0 amide bonds. The summed E-state index contributed by atoms with van der Waals surface area (Å²) in [6.45, 7) is 5.26. The third-order valence-corrected chi connectivity index (χ3v) is 3.74. The zero-order chi connectivity index (χ0) is 13.1. The van der Waals surface area contributed by atoms with Gasteiger partial charge in [-0.3, -0.25) is 0 Å². The third-order valence-electron chi connectivity index (χ3n) is 3.74. The fourth-order valence-corrected chi connectivity index (χ4v) is 2.56. The highest BCUT2D eigenvalue weighted by molar-refractivity contribution is 5.44. The Morgan fingerprint density at radius 1 is 1.21 bits per heavy atom. The molecule has 2 heterocycles. The summed E-state index contributed by atoms with van der Waals surface area (Å²) in [6, 6.07) is 6.45. The van der Waals surface area contributed by atoms with Gasteiger partial charge in [0.2, 0.25) is 0 Å². The lowest BCUT2D eigenvalue weighted by molar-refractivity contribution is 0.108. The summed E-state index contributed by atoms with van der Waals surface area (Å²) < 4.78 is 16.8.